The maximum absolute atomic E-state index is 13.7. The van der Waals surface area contributed by atoms with Crippen molar-refractivity contribution >= 4 is 46.6 Å². The number of aromatic nitrogens is 2. The van der Waals surface area contributed by atoms with Gasteiger partial charge in [-0.3, -0.25) is 28.8 Å². The molecule has 72 heavy (non-hydrogen) atoms. The normalized spacial score (nSPS) is 12.4. The number of hydrogen-bond acceptors (Lipinski definition) is 13. The summed E-state index contributed by atoms with van der Waals surface area (Å²) in [4.78, 5) is 78.5. The Balaban J connectivity index is 0.925. The highest BCUT2D eigenvalue weighted by Gasteiger charge is 2.31. The van der Waals surface area contributed by atoms with Crippen LogP contribution in [-0.2, 0) is 37.9 Å². The molecule has 25 heteroatoms. The number of rotatable bonds is 26. The van der Waals surface area contributed by atoms with Gasteiger partial charge in [-0.2, -0.15) is 0 Å². The molecule has 2 aromatic carbocycles. The molecule has 0 fully saturated rings. The molecule has 0 bridgehead atoms. The number of halogens is 4. The Bertz CT molecular complexity index is 2760. The maximum atomic E-state index is 13.7. The van der Waals surface area contributed by atoms with Crippen LogP contribution in [0, 0.1) is 51.0 Å². The second kappa shape index (κ2) is 25.6. The van der Waals surface area contributed by atoms with Gasteiger partial charge in [0.25, 0.3) is 35.2 Å². The molecule has 0 atom stereocenters. The molecule has 0 aliphatic carbocycles. The largest absolute Gasteiger partial charge is 0.377 e. The molecular weight excluding hydrogens is 953 g/mol. The smallest absolute Gasteiger partial charge is 0.292 e. The Morgan fingerprint density at radius 1 is 0.708 bits per heavy atom. The Kier molecular flexibility index (Phi) is 19.8. The lowest BCUT2D eigenvalue weighted by molar-refractivity contribution is -0.823. The zero-order valence-electron chi connectivity index (χ0n) is 40.9. The van der Waals surface area contributed by atoms with Crippen molar-refractivity contribution in [2.24, 2.45) is 19.9 Å². The Morgan fingerprint density at radius 2 is 1.18 bits per heavy atom. The monoisotopic (exact) mass is 1010 g/mol. The van der Waals surface area contributed by atoms with E-state index in [1.807, 2.05) is 5.01 Å². The van der Waals surface area contributed by atoms with Gasteiger partial charge in [0.2, 0.25) is 0 Å². The Morgan fingerprint density at radius 3 is 1.67 bits per heavy atom. The van der Waals surface area contributed by atoms with Gasteiger partial charge < -0.3 is 54.9 Å². The predicted molar refractivity (Wildman–Crippen MR) is 252 cm³/mol. The standard InChI is InChI=1S/C47H58F4N12O9/c1-26-38(28(3)60(6)40(26)44(66)56-30-8-10-34(48)36(50)20-30)42(64)46(68)54-22-32(53-5)24-62(52)12-14-70-16-18-72-19-17-71-15-13-63-25-33(58-59-63)23-55-47(69)43(65)39-27(2)41(61(7)29(39)4)45(67)57-31-9-11-35(49)37(51)21-31/h8-11,20-21,24-25,53,58-59H,12-19,22-23,52H2,1-7H3,(H,54,68)(H,55,69)(H,56,66)(H,57,67)/p+2. The van der Waals surface area contributed by atoms with Crippen molar-refractivity contribution in [3.63, 3.8) is 0 Å². The van der Waals surface area contributed by atoms with Crippen LogP contribution in [0.5, 0.6) is 0 Å². The number of nitrogens with two attached hydrogens (primary N) is 3. The van der Waals surface area contributed by atoms with E-state index < -0.39 is 58.5 Å². The molecule has 21 nitrogen and oxygen atoms in total. The zero-order chi connectivity index (χ0) is 52.8. The first-order valence-corrected chi connectivity index (χ1v) is 22.5. The minimum absolute atomic E-state index is 0.0147. The molecule has 1 aliphatic heterocycles. The number of ketones is 2. The third kappa shape index (κ3) is 14.1. The van der Waals surface area contributed by atoms with Crippen molar-refractivity contribution in [2.75, 3.05) is 83.5 Å². The minimum atomic E-state index is -1.14. The van der Waals surface area contributed by atoms with E-state index in [0.717, 1.165) is 24.3 Å². The number of hydrazine groups is 1. The molecule has 4 amide bonds. The average Bonchev–Trinajstić information content (AvgIpc) is 3.96. The predicted octanol–water partition coefficient (Wildman–Crippen LogP) is 0.356. The molecule has 2 aromatic heterocycles. The number of hydrogen-bond donors (Lipinski definition) is 8. The summed E-state index contributed by atoms with van der Waals surface area (Å²) in [6.45, 7) is 8.89. The molecule has 0 radical (unpaired) electrons. The van der Waals surface area contributed by atoms with Crippen LogP contribution in [0.3, 0.4) is 0 Å². The number of carbonyl (C=O) groups is 6. The van der Waals surface area contributed by atoms with Crippen molar-refractivity contribution in [1.29, 1.82) is 0 Å². The molecule has 1 aliphatic rings. The number of benzene rings is 2. The highest BCUT2D eigenvalue weighted by atomic mass is 19.2. The highest BCUT2D eigenvalue weighted by molar-refractivity contribution is 6.44. The number of anilines is 2. The number of carbonyl (C=O) groups excluding carboxylic acids is 6. The van der Waals surface area contributed by atoms with Crippen molar-refractivity contribution < 1.29 is 71.4 Å². The van der Waals surface area contributed by atoms with Gasteiger partial charge in [0.1, 0.15) is 22.8 Å². The molecular formula is C47H60F4N12O9+2. The fraction of sp³-hybridized carbons (Fsp3) is 0.362. The average molecular weight is 1010 g/mol. The first kappa shape index (κ1) is 55.5. The van der Waals surface area contributed by atoms with Crippen LogP contribution in [0.1, 0.15) is 64.2 Å². The lowest BCUT2D eigenvalue weighted by atomic mass is 10.0. The van der Waals surface area contributed by atoms with Crippen molar-refractivity contribution in [1.82, 2.24) is 35.2 Å². The highest BCUT2D eigenvalue weighted by Crippen LogP contribution is 2.25. The number of quaternary nitrogens is 2. The molecule has 0 unspecified atom stereocenters. The lowest BCUT2D eigenvalue weighted by Gasteiger charge is -2.15. The molecule has 11 N–H and O–H groups in total. The molecule has 3 heterocycles. The van der Waals surface area contributed by atoms with Gasteiger partial charge in [-0.1, -0.05) is 0 Å². The van der Waals surface area contributed by atoms with Gasteiger partial charge in [-0.15, -0.1) is 5.53 Å². The summed E-state index contributed by atoms with van der Waals surface area (Å²) < 4.78 is 73.8. The molecule has 0 spiro atoms. The van der Waals surface area contributed by atoms with Crippen LogP contribution in [0.15, 0.2) is 60.2 Å². The zero-order valence-corrected chi connectivity index (χ0v) is 40.9. The van der Waals surface area contributed by atoms with Gasteiger partial charge in [-0.05, 0) is 63.1 Å². The second-order valence-corrected chi connectivity index (χ2v) is 16.4. The maximum Gasteiger partial charge on any atom is 0.292 e. The second-order valence-electron chi connectivity index (χ2n) is 16.4. The van der Waals surface area contributed by atoms with E-state index in [1.165, 1.54) is 40.1 Å². The van der Waals surface area contributed by atoms with Crippen LogP contribution in [0.2, 0.25) is 0 Å². The lowest BCUT2D eigenvalue weighted by Crippen LogP contribution is -2.97. The number of amides is 4. The van der Waals surface area contributed by atoms with Crippen LogP contribution >= 0.6 is 0 Å². The molecule has 4 aromatic rings. The van der Waals surface area contributed by atoms with Crippen molar-refractivity contribution in [2.45, 2.75) is 27.7 Å². The van der Waals surface area contributed by atoms with Crippen LogP contribution < -0.4 is 43.4 Å². The van der Waals surface area contributed by atoms with E-state index in [-0.39, 0.29) is 64.7 Å². The van der Waals surface area contributed by atoms with Crippen LogP contribution in [0.25, 0.3) is 0 Å². The summed E-state index contributed by atoms with van der Waals surface area (Å²) in [6.07, 6.45) is 3.35. The van der Waals surface area contributed by atoms with E-state index in [4.69, 9.17) is 20.1 Å². The van der Waals surface area contributed by atoms with Gasteiger partial charge in [0.05, 0.1) is 96.4 Å². The van der Waals surface area contributed by atoms with E-state index in [1.54, 1.807) is 58.2 Å². The van der Waals surface area contributed by atoms with E-state index in [0.29, 0.717) is 68.9 Å². The Labute approximate surface area is 412 Å². The third-order valence-corrected chi connectivity index (χ3v) is 11.6. The van der Waals surface area contributed by atoms with Crippen LogP contribution in [0.4, 0.5) is 28.9 Å². The van der Waals surface area contributed by atoms with Gasteiger partial charge >= 0.3 is 0 Å². The van der Waals surface area contributed by atoms with Crippen molar-refractivity contribution in [3.8, 4) is 0 Å². The number of nitrogens with zero attached hydrogens (tertiary/aromatic N) is 4. The van der Waals surface area contributed by atoms with E-state index >= 15 is 0 Å². The fourth-order valence-electron chi connectivity index (χ4n) is 7.59. The van der Waals surface area contributed by atoms with Gasteiger partial charge in [0.15, 0.2) is 23.3 Å². The van der Waals surface area contributed by atoms with Gasteiger partial charge in [-0.25, -0.2) is 33.8 Å². The fourth-order valence-corrected chi connectivity index (χ4v) is 7.59. The summed E-state index contributed by atoms with van der Waals surface area (Å²) >= 11 is 0. The number of ether oxygens (including phenoxy) is 3. The molecule has 0 saturated carbocycles. The van der Waals surface area contributed by atoms with E-state index in [9.17, 15) is 46.3 Å². The SMILES string of the molecule is C[NH2+]C(=CN(N)CCOCCOCCOCCN1C=C(CNC(=O)C(=O)c2c(C)c(C(=O)Nc3ccc(F)c(F)c3)n(C)c2C)N[NH2+]1)CNC(=O)C(=O)c1c(C)c(C(=O)Nc2ccc(F)c(F)c2)n(C)c1C. The summed E-state index contributed by atoms with van der Waals surface area (Å²) in [6, 6.07) is 5.83. The summed E-state index contributed by atoms with van der Waals surface area (Å²) in [5.41, 5.74) is 7.46. The topological polar surface area (TPSA) is 266 Å². The minimum Gasteiger partial charge on any atom is -0.377 e. The first-order chi connectivity index (χ1) is 34.2. The Hall–Kier alpha value is -7.42. The van der Waals surface area contributed by atoms with Crippen molar-refractivity contribution in [3.05, 3.63) is 128 Å². The molecule has 5 rings (SSSR count). The number of nitrogens with one attached hydrogen (secondary N) is 5. The number of Topliss-reactive ketones (excluding diaryl/α,β-unsaturated/α-hetero) is 2. The summed E-state index contributed by atoms with van der Waals surface area (Å²) in [5.74, 6) is -3.11. The quantitative estimate of drug-likeness (QED) is 0.0106. The van der Waals surface area contributed by atoms with Gasteiger partial charge in [0, 0.05) is 49.0 Å². The summed E-state index contributed by atoms with van der Waals surface area (Å²) in [5, 5.41) is 15.1. The molecule has 388 valence electrons. The summed E-state index contributed by atoms with van der Waals surface area (Å²) in [7, 11) is 4.84. The van der Waals surface area contributed by atoms with E-state index in [2.05, 4.69) is 26.7 Å². The first-order valence-electron chi connectivity index (χ1n) is 22.5. The van der Waals surface area contributed by atoms with Crippen LogP contribution in [-0.4, -0.2) is 127 Å². The number of likely N-dealkylation sites (N-methyl/N-ethyl adjacent to an activating group) is 1. The third-order valence-electron chi connectivity index (χ3n) is 11.6. The molecule has 0 saturated heterocycles.